The van der Waals surface area contributed by atoms with Crippen molar-refractivity contribution < 1.29 is 45.5 Å². The predicted octanol–water partition coefficient (Wildman–Crippen LogP) is 5.90. The van der Waals surface area contributed by atoms with Gasteiger partial charge in [-0.25, -0.2) is 31.3 Å². The van der Waals surface area contributed by atoms with Gasteiger partial charge in [0.15, 0.2) is 0 Å². The van der Waals surface area contributed by atoms with Crippen LogP contribution >= 0.6 is 21.6 Å². The lowest BCUT2D eigenvalue weighted by Gasteiger charge is -2.28. The molecule has 18 heteroatoms. The number of amides is 3. The topological polar surface area (TPSA) is 177 Å². The van der Waals surface area contributed by atoms with Crippen molar-refractivity contribution in [2.24, 2.45) is 11.8 Å². The number of imide groups is 1. The lowest BCUT2D eigenvalue weighted by Crippen LogP contribution is -2.52. The summed E-state index contributed by atoms with van der Waals surface area (Å²) in [6.07, 6.45) is -0.752. The maximum Gasteiger partial charge on any atom is 0.416 e. The van der Waals surface area contributed by atoms with Gasteiger partial charge >= 0.3 is 12.1 Å². The molecule has 6 rings (SSSR count). The molecule has 3 amide bonds. The normalized spacial score (nSPS) is 20.7. The van der Waals surface area contributed by atoms with E-state index in [-0.39, 0.29) is 54.1 Å². The summed E-state index contributed by atoms with van der Waals surface area (Å²) in [6.45, 7) is 7.01. The van der Waals surface area contributed by atoms with Gasteiger partial charge in [0.25, 0.3) is 0 Å². The molecule has 1 N–H and O–H groups in total. The van der Waals surface area contributed by atoms with Crippen molar-refractivity contribution in [3.8, 4) is 0 Å². The lowest BCUT2D eigenvalue weighted by molar-refractivity contribution is -0.146. The first-order chi connectivity index (χ1) is 28.5. The largest absolute Gasteiger partial charge is 0.467 e. The van der Waals surface area contributed by atoms with Gasteiger partial charge in [-0.2, -0.15) is 8.61 Å². The van der Waals surface area contributed by atoms with E-state index in [1.165, 1.54) is 40.8 Å². The number of hydrogen-bond acceptors (Lipinski definition) is 12. The quantitative estimate of drug-likeness (QED) is 0.117. The Kier molecular flexibility index (Phi) is 14.2. The highest BCUT2D eigenvalue weighted by Gasteiger charge is 2.49. The van der Waals surface area contributed by atoms with Gasteiger partial charge < -0.3 is 14.8 Å². The average Bonchev–Trinajstić information content (AvgIpc) is 3.89. The van der Waals surface area contributed by atoms with Gasteiger partial charge in [-0.3, -0.25) is 9.59 Å². The molecule has 5 atom stereocenters. The summed E-state index contributed by atoms with van der Waals surface area (Å²) in [5.74, 6) is -2.50. The van der Waals surface area contributed by atoms with Crippen LogP contribution < -0.4 is 5.32 Å². The predicted molar refractivity (Wildman–Crippen MR) is 233 cm³/mol. The van der Waals surface area contributed by atoms with Crippen LogP contribution in [0.2, 0.25) is 0 Å². The minimum atomic E-state index is -4.28. The molecule has 0 aromatic heterocycles. The molecule has 322 valence electrons. The molecule has 2 heterocycles. The Balaban J connectivity index is 1.28. The van der Waals surface area contributed by atoms with E-state index in [1.54, 1.807) is 62.4 Å². The number of hydrogen-bond donors (Lipinski definition) is 1. The highest BCUT2D eigenvalue weighted by molar-refractivity contribution is 8.77. The second-order valence-corrected chi connectivity index (χ2v) is 22.3. The fourth-order valence-corrected chi connectivity index (χ4v) is 14.1. The van der Waals surface area contributed by atoms with Crippen LogP contribution in [0.1, 0.15) is 40.5 Å². The van der Waals surface area contributed by atoms with Crippen LogP contribution in [0.4, 0.5) is 4.79 Å². The lowest BCUT2D eigenvalue weighted by atomic mass is 10.0. The van der Waals surface area contributed by atoms with E-state index < -0.39 is 72.5 Å². The third-order valence-electron chi connectivity index (χ3n) is 10.6. The average molecular weight is 899 g/mol. The van der Waals surface area contributed by atoms with E-state index in [1.807, 2.05) is 38.1 Å². The molecule has 0 aliphatic carbocycles. The van der Waals surface area contributed by atoms with Crippen molar-refractivity contribution in [1.29, 1.82) is 0 Å². The van der Waals surface area contributed by atoms with Crippen molar-refractivity contribution in [2.45, 2.75) is 79.0 Å². The molecule has 4 aromatic carbocycles. The number of rotatable bonds is 14. The summed E-state index contributed by atoms with van der Waals surface area (Å²) in [5, 5.41) is 4.90. The first kappa shape index (κ1) is 45.3. The van der Waals surface area contributed by atoms with Gasteiger partial charge in [0.1, 0.15) is 18.1 Å². The minimum absolute atomic E-state index is 0.00313. The fraction of sp³-hybridized carbons (Fsp3) is 0.429. The number of nitrogens with one attached hydrogen (secondary N) is 1. The van der Waals surface area contributed by atoms with E-state index in [4.69, 9.17) is 9.47 Å². The van der Waals surface area contributed by atoms with Crippen LogP contribution in [-0.2, 0) is 43.9 Å². The van der Waals surface area contributed by atoms with Crippen LogP contribution in [0.5, 0.6) is 0 Å². The molecule has 0 spiro atoms. The number of ether oxygens (including phenoxy) is 2. The summed E-state index contributed by atoms with van der Waals surface area (Å²) < 4.78 is 69.9. The number of methoxy groups -OCH3 is 2. The zero-order chi connectivity index (χ0) is 43.5. The molecule has 2 fully saturated rings. The van der Waals surface area contributed by atoms with Crippen molar-refractivity contribution in [1.82, 2.24) is 18.8 Å². The molecule has 60 heavy (non-hydrogen) atoms. The van der Waals surface area contributed by atoms with Crippen LogP contribution in [0, 0.1) is 11.8 Å². The summed E-state index contributed by atoms with van der Waals surface area (Å²) in [6, 6.07) is 20.8. The maximum absolute atomic E-state index is 14.4. The Morgan fingerprint density at radius 1 is 0.700 bits per heavy atom. The third kappa shape index (κ3) is 9.63. The van der Waals surface area contributed by atoms with Crippen molar-refractivity contribution in [3.05, 3.63) is 84.9 Å². The van der Waals surface area contributed by atoms with Crippen molar-refractivity contribution >= 4 is 87.1 Å². The second-order valence-electron chi connectivity index (χ2n) is 15.7. The summed E-state index contributed by atoms with van der Waals surface area (Å²) in [4.78, 5) is 54.7. The minimum Gasteiger partial charge on any atom is -0.467 e. The Morgan fingerprint density at radius 2 is 1.17 bits per heavy atom. The Bertz CT molecular complexity index is 2480. The van der Waals surface area contributed by atoms with E-state index >= 15 is 0 Å². The van der Waals surface area contributed by atoms with Gasteiger partial charge in [0, 0.05) is 30.1 Å². The van der Waals surface area contributed by atoms with Crippen LogP contribution in [0.3, 0.4) is 0 Å². The molecule has 0 bridgehead atoms. The highest BCUT2D eigenvalue weighted by Crippen LogP contribution is 2.44. The van der Waals surface area contributed by atoms with Crippen LogP contribution in [-0.4, -0.2) is 117 Å². The van der Waals surface area contributed by atoms with Gasteiger partial charge in [0.05, 0.1) is 24.0 Å². The standard InChI is InChI=1S/C42H50N4O10S4/c1-26(2)23-44(42(50)56-6)40(48)37-22-33(25-46(37)60(53,54)35-18-16-29-12-8-10-14-31(29)20-35)58-57-32-21-36(39(47)43-38(27(3)4)41(49)55-5)45(24-32)59(51,52)34-17-15-28-11-7-9-13-30(28)19-34/h7-20,26-27,32-33,36-38H,21-25H2,1-6H3,(H,43,47)/t32-,33-,36-,37-,38-/m0/s1. The first-order valence-electron chi connectivity index (χ1n) is 19.6. The zero-order valence-electron chi connectivity index (χ0n) is 34.2. The Hall–Kier alpha value is -4.20. The second kappa shape index (κ2) is 18.8. The molecule has 2 aliphatic rings. The van der Waals surface area contributed by atoms with Crippen molar-refractivity contribution in [2.75, 3.05) is 33.9 Å². The number of esters is 1. The summed E-state index contributed by atoms with van der Waals surface area (Å²) in [5.41, 5.74) is 0. The fourth-order valence-electron chi connectivity index (χ4n) is 7.54. The molecular formula is C42H50N4O10S4. The van der Waals surface area contributed by atoms with Crippen LogP contribution in [0.25, 0.3) is 21.5 Å². The third-order valence-corrected chi connectivity index (χ3v) is 17.7. The highest BCUT2D eigenvalue weighted by atomic mass is 33.1. The smallest absolute Gasteiger partial charge is 0.416 e. The molecule has 4 aromatic rings. The molecule has 0 unspecified atom stereocenters. The van der Waals surface area contributed by atoms with Gasteiger partial charge in [-0.1, -0.05) is 110 Å². The molecule has 2 saturated heterocycles. The molecule has 0 saturated carbocycles. The number of nitrogens with zero attached hydrogens (tertiary/aromatic N) is 3. The Morgan fingerprint density at radius 3 is 1.62 bits per heavy atom. The van der Waals surface area contributed by atoms with Crippen molar-refractivity contribution in [3.63, 3.8) is 0 Å². The van der Waals surface area contributed by atoms with Crippen LogP contribution in [0.15, 0.2) is 94.7 Å². The number of sulfonamides is 2. The van der Waals surface area contributed by atoms with E-state index in [0.717, 1.165) is 31.4 Å². The molecular weight excluding hydrogens is 849 g/mol. The zero-order valence-corrected chi connectivity index (χ0v) is 37.5. The molecule has 2 aliphatic heterocycles. The first-order valence-corrected chi connectivity index (χ1v) is 24.7. The summed E-state index contributed by atoms with van der Waals surface area (Å²) in [7, 11) is -3.53. The number of benzene rings is 4. The maximum atomic E-state index is 14.4. The Labute approximate surface area is 359 Å². The van der Waals surface area contributed by atoms with E-state index in [9.17, 15) is 36.0 Å². The number of carbonyl (C=O) groups is 4. The number of fused-ring (bicyclic) bond motifs is 2. The monoisotopic (exact) mass is 898 g/mol. The summed E-state index contributed by atoms with van der Waals surface area (Å²) >= 11 is 0. The van der Waals surface area contributed by atoms with E-state index in [0.29, 0.717) is 10.8 Å². The molecule has 14 nitrogen and oxygen atoms in total. The van der Waals surface area contributed by atoms with Gasteiger partial charge in [-0.15, -0.1) is 0 Å². The molecule has 0 radical (unpaired) electrons. The SMILES string of the molecule is COC(=O)[C@@H](NC(=O)[C@@H]1C[C@H](SS[C@H]2C[C@@H](C(=O)N(CC(C)C)C(=O)OC)N(S(=O)(=O)c3ccc4ccccc4c3)C2)CN1S(=O)(=O)c1ccc2ccccc2c1)C(C)C. The number of carbonyl (C=O) groups excluding carboxylic acids is 4. The van der Waals surface area contributed by atoms with Gasteiger partial charge in [0.2, 0.25) is 31.9 Å². The van der Waals surface area contributed by atoms with Gasteiger partial charge in [-0.05, 0) is 70.5 Å². The van der Waals surface area contributed by atoms with E-state index in [2.05, 4.69) is 5.32 Å².